The summed E-state index contributed by atoms with van der Waals surface area (Å²) < 4.78 is 14.6. The first kappa shape index (κ1) is 24.3. The average molecular weight is 526 g/mol. The number of aryl methyl sites for hydroxylation is 1. The highest BCUT2D eigenvalue weighted by Gasteiger charge is 2.33. The van der Waals surface area contributed by atoms with Gasteiger partial charge < -0.3 is 14.4 Å². The van der Waals surface area contributed by atoms with E-state index in [1.54, 1.807) is 12.0 Å². The number of carbonyl (C=O) groups is 1. The maximum absolute atomic E-state index is 13.6. The van der Waals surface area contributed by atoms with Gasteiger partial charge in [-0.1, -0.05) is 22.0 Å². The van der Waals surface area contributed by atoms with Crippen molar-refractivity contribution in [2.45, 2.75) is 59.1 Å². The molecule has 0 aliphatic heterocycles. The van der Waals surface area contributed by atoms with Crippen LogP contribution in [0.4, 0.5) is 0 Å². The van der Waals surface area contributed by atoms with Crippen LogP contribution in [-0.2, 0) is 12.8 Å². The summed E-state index contributed by atoms with van der Waals surface area (Å²) in [5, 5.41) is 4.90. The van der Waals surface area contributed by atoms with Crippen LogP contribution in [-0.4, -0.2) is 46.4 Å². The summed E-state index contributed by atoms with van der Waals surface area (Å²) in [7, 11) is 3.50. The lowest BCUT2D eigenvalue weighted by atomic mass is 9.88. The van der Waals surface area contributed by atoms with Crippen LogP contribution in [0.2, 0.25) is 0 Å². The Morgan fingerprint density at radius 1 is 1.15 bits per heavy atom. The Balaban J connectivity index is 1.98. The zero-order chi connectivity index (χ0) is 24.8. The molecule has 0 saturated heterocycles. The standard InChI is InChI=1S/C27H32BrN3O3/c1-16(2)34-23-15-21-17(13-22(23)33-7)11-12-20-24(26(32)30(6)27(3,4)5)29-31(25(20)21)19-10-8-9-18(28)14-19/h8-10,13-16H,11-12H2,1-7H3. The van der Waals surface area contributed by atoms with Gasteiger partial charge in [0.15, 0.2) is 17.2 Å². The van der Waals surface area contributed by atoms with Crippen molar-refractivity contribution in [3.8, 4) is 28.4 Å². The first-order valence-electron chi connectivity index (χ1n) is 11.5. The molecule has 7 heteroatoms. The van der Waals surface area contributed by atoms with Gasteiger partial charge in [0.1, 0.15) is 0 Å². The van der Waals surface area contributed by atoms with Crippen LogP contribution in [0.3, 0.4) is 0 Å². The van der Waals surface area contributed by atoms with Crippen molar-refractivity contribution in [3.63, 3.8) is 0 Å². The summed E-state index contributed by atoms with van der Waals surface area (Å²) in [5.41, 5.74) is 5.14. The highest BCUT2D eigenvalue weighted by atomic mass is 79.9. The summed E-state index contributed by atoms with van der Waals surface area (Å²) in [6.45, 7) is 10.1. The quantitative estimate of drug-likeness (QED) is 0.405. The molecule has 0 spiro atoms. The zero-order valence-corrected chi connectivity index (χ0v) is 22.5. The number of rotatable bonds is 5. The second-order valence-electron chi connectivity index (χ2n) is 9.93. The van der Waals surface area contributed by atoms with Gasteiger partial charge in [0, 0.05) is 28.2 Å². The topological polar surface area (TPSA) is 56.6 Å². The van der Waals surface area contributed by atoms with Crippen molar-refractivity contribution in [2.75, 3.05) is 14.2 Å². The highest BCUT2D eigenvalue weighted by molar-refractivity contribution is 9.10. The van der Waals surface area contributed by atoms with Gasteiger partial charge in [0.25, 0.3) is 5.91 Å². The molecule has 0 bridgehead atoms. The molecule has 180 valence electrons. The molecule has 0 radical (unpaired) electrons. The maximum atomic E-state index is 13.6. The number of benzene rings is 2. The first-order valence-corrected chi connectivity index (χ1v) is 12.3. The molecule has 0 N–H and O–H groups in total. The maximum Gasteiger partial charge on any atom is 0.274 e. The molecule has 1 aliphatic rings. The van der Waals surface area contributed by atoms with Crippen molar-refractivity contribution >= 4 is 21.8 Å². The number of halogens is 1. The monoisotopic (exact) mass is 525 g/mol. The zero-order valence-electron chi connectivity index (χ0n) is 20.9. The van der Waals surface area contributed by atoms with Crippen LogP contribution >= 0.6 is 15.9 Å². The summed E-state index contributed by atoms with van der Waals surface area (Å²) >= 11 is 3.58. The Bertz CT molecular complexity index is 1240. The lowest BCUT2D eigenvalue weighted by Crippen LogP contribution is -2.43. The minimum absolute atomic E-state index is 0.00238. The molecule has 4 rings (SSSR count). The third-order valence-electron chi connectivity index (χ3n) is 6.20. The third-order valence-corrected chi connectivity index (χ3v) is 6.69. The van der Waals surface area contributed by atoms with Crippen LogP contribution < -0.4 is 9.47 Å². The van der Waals surface area contributed by atoms with Crippen LogP contribution in [0, 0.1) is 0 Å². The lowest BCUT2D eigenvalue weighted by molar-refractivity contribution is 0.0648. The van der Waals surface area contributed by atoms with Gasteiger partial charge in [-0.2, -0.15) is 5.10 Å². The number of hydrogen-bond acceptors (Lipinski definition) is 4. The predicted molar refractivity (Wildman–Crippen MR) is 138 cm³/mol. The van der Waals surface area contributed by atoms with Crippen LogP contribution in [0.25, 0.3) is 16.9 Å². The van der Waals surface area contributed by atoms with Crippen molar-refractivity contribution in [2.24, 2.45) is 0 Å². The Labute approximate surface area is 210 Å². The summed E-state index contributed by atoms with van der Waals surface area (Å²) in [6, 6.07) is 12.1. The molecule has 6 nitrogen and oxygen atoms in total. The van der Waals surface area contributed by atoms with Crippen molar-refractivity contribution in [1.82, 2.24) is 14.7 Å². The van der Waals surface area contributed by atoms with E-state index in [1.165, 1.54) is 0 Å². The number of ether oxygens (including phenoxy) is 2. The molecular formula is C27H32BrN3O3. The normalized spacial score (nSPS) is 12.9. The summed E-state index contributed by atoms with van der Waals surface area (Å²) in [4.78, 5) is 15.4. The lowest BCUT2D eigenvalue weighted by Gasteiger charge is -2.31. The average Bonchev–Trinajstić information content (AvgIpc) is 3.16. The third kappa shape index (κ3) is 4.45. The fraction of sp³-hybridized carbons (Fsp3) is 0.407. The summed E-state index contributed by atoms with van der Waals surface area (Å²) in [5.74, 6) is 1.33. The Morgan fingerprint density at radius 2 is 1.88 bits per heavy atom. The fourth-order valence-electron chi connectivity index (χ4n) is 4.19. The molecule has 2 aromatic carbocycles. The highest BCUT2D eigenvalue weighted by Crippen LogP contribution is 2.43. The Hall–Kier alpha value is -2.80. The van der Waals surface area contributed by atoms with Gasteiger partial charge in [0.05, 0.1) is 24.6 Å². The molecule has 1 aromatic heterocycles. The number of methoxy groups -OCH3 is 1. The Morgan fingerprint density at radius 3 is 2.50 bits per heavy atom. The number of amides is 1. The van der Waals surface area contributed by atoms with Gasteiger partial charge in [-0.25, -0.2) is 4.68 Å². The minimum Gasteiger partial charge on any atom is -0.493 e. The van der Waals surface area contributed by atoms with E-state index in [0.717, 1.165) is 45.4 Å². The number of nitrogens with zero attached hydrogens (tertiary/aromatic N) is 3. The van der Waals surface area contributed by atoms with E-state index < -0.39 is 0 Å². The molecule has 0 saturated carbocycles. The molecular weight excluding hydrogens is 494 g/mol. The molecule has 3 aromatic rings. The number of fused-ring (bicyclic) bond motifs is 3. The summed E-state index contributed by atoms with van der Waals surface area (Å²) in [6.07, 6.45) is 1.52. The van der Waals surface area contributed by atoms with Crippen LogP contribution in [0.1, 0.15) is 56.2 Å². The predicted octanol–water partition coefficient (Wildman–Crippen LogP) is 6.07. The van der Waals surface area contributed by atoms with E-state index in [9.17, 15) is 4.79 Å². The van der Waals surface area contributed by atoms with Crippen molar-refractivity contribution in [1.29, 1.82) is 0 Å². The number of aromatic nitrogens is 2. The second kappa shape index (κ2) is 9.10. The smallest absolute Gasteiger partial charge is 0.274 e. The van der Waals surface area contributed by atoms with Gasteiger partial charge in [-0.3, -0.25) is 4.79 Å². The van der Waals surface area contributed by atoms with Gasteiger partial charge in [-0.05, 0) is 83.4 Å². The molecule has 34 heavy (non-hydrogen) atoms. The van der Waals surface area contributed by atoms with Crippen molar-refractivity contribution in [3.05, 3.63) is 57.7 Å². The minimum atomic E-state index is -0.318. The van der Waals surface area contributed by atoms with Crippen molar-refractivity contribution < 1.29 is 14.3 Å². The molecule has 1 amide bonds. The van der Waals surface area contributed by atoms with Gasteiger partial charge in [-0.15, -0.1) is 0 Å². The largest absolute Gasteiger partial charge is 0.493 e. The SMILES string of the molecule is COc1cc2c(cc1OC(C)C)-c1c(c(C(=O)N(C)C(C)(C)C)nn1-c1cccc(Br)c1)CC2. The van der Waals surface area contributed by atoms with E-state index in [4.69, 9.17) is 14.6 Å². The fourth-order valence-corrected chi connectivity index (χ4v) is 4.58. The molecule has 0 unspecified atom stereocenters. The van der Waals surface area contributed by atoms with Gasteiger partial charge >= 0.3 is 0 Å². The number of hydrogen-bond donors (Lipinski definition) is 0. The van der Waals surface area contributed by atoms with E-state index >= 15 is 0 Å². The molecule has 1 heterocycles. The molecule has 1 aliphatic carbocycles. The molecule has 0 atom stereocenters. The number of carbonyl (C=O) groups excluding carboxylic acids is 1. The van der Waals surface area contributed by atoms with E-state index in [0.29, 0.717) is 17.2 Å². The second-order valence-corrected chi connectivity index (χ2v) is 10.8. The first-order chi connectivity index (χ1) is 16.0. The molecule has 0 fully saturated rings. The van der Waals surface area contributed by atoms with E-state index in [2.05, 4.69) is 22.0 Å². The van der Waals surface area contributed by atoms with Crippen LogP contribution in [0.15, 0.2) is 40.9 Å². The van der Waals surface area contributed by atoms with Gasteiger partial charge in [0.2, 0.25) is 0 Å². The Kier molecular flexibility index (Phi) is 6.51. The van der Waals surface area contributed by atoms with Crippen LogP contribution in [0.5, 0.6) is 11.5 Å². The van der Waals surface area contributed by atoms with E-state index in [-0.39, 0.29) is 17.6 Å². The van der Waals surface area contributed by atoms with E-state index in [1.807, 2.05) is 76.7 Å².